The Balaban J connectivity index is 1.34. The molecule has 5 heteroatoms. The molecule has 2 aliphatic rings. The van der Waals surface area contributed by atoms with Crippen molar-refractivity contribution >= 4 is 5.97 Å². The van der Waals surface area contributed by atoms with Gasteiger partial charge in [-0.2, -0.15) is 0 Å². The summed E-state index contributed by atoms with van der Waals surface area (Å²) in [4.78, 5) is 11.2. The molecule has 0 aromatic heterocycles. The first-order valence-corrected chi connectivity index (χ1v) is 12.0. The lowest BCUT2D eigenvalue weighted by Gasteiger charge is -2.30. The zero-order valence-electron chi connectivity index (χ0n) is 19.3. The van der Waals surface area contributed by atoms with Gasteiger partial charge in [-0.25, -0.2) is 0 Å². The average Bonchev–Trinajstić information content (AvgIpc) is 3.23. The first-order chi connectivity index (χ1) is 15.5. The maximum atomic E-state index is 11.2. The molecule has 3 N–H and O–H groups in total. The third-order valence-corrected chi connectivity index (χ3v) is 7.04. The number of carboxylic acids is 1. The molecular weight excluding hydrogens is 400 g/mol. The monoisotopic (exact) mass is 436 g/mol. The van der Waals surface area contributed by atoms with E-state index in [0.717, 1.165) is 18.7 Å². The normalized spacial score (nSPS) is 25.6. The molecule has 1 saturated heterocycles. The summed E-state index contributed by atoms with van der Waals surface area (Å²) in [7, 11) is 2.02. The topological polar surface area (TPSA) is 70.6 Å². The van der Waals surface area contributed by atoms with Gasteiger partial charge in [0, 0.05) is 19.5 Å². The van der Waals surface area contributed by atoms with Crippen LogP contribution in [0.4, 0.5) is 0 Å². The number of carboxylic acid groups (broad SMARTS) is 1. The van der Waals surface area contributed by atoms with Crippen molar-refractivity contribution in [1.29, 1.82) is 0 Å². The van der Waals surface area contributed by atoms with Gasteiger partial charge in [-0.15, -0.1) is 0 Å². The fraction of sp³-hybridized carbons (Fsp3) is 0.519. The quantitative estimate of drug-likeness (QED) is 0.571. The van der Waals surface area contributed by atoms with Gasteiger partial charge >= 0.3 is 5.97 Å². The summed E-state index contributed by atoms with van der Waals surface area (Å²) in [6.45, 7) is 3.63. The van der Waals surface area contributed by atoms with Gasteiger partial charge in [0.25, 0.3) is 0 Å². The van der Waals surface area contributed by atoms with Crippen LogP contribution in [0.15, 0.2) is 42.5 Å². The summed E-state index contributed by atoms with van der Waals surface area (Å²) in [6, 6.07) is 14.9. The lowest BCUT2D eigenvalue weighted by molar-refractivity contribution is -0.139. The molecule has 1 saturated carbocycles. The number of ether oxygens (including phenoxy) is 1. The van der Waals surface area contributed by atoms with Crippen LogP contribution in [0, 0.1) is 12.8 Å². The van der Waals surface area contributed by atoms with E-state index in [9.17, 15) is 9.90 Å². The lowest BCUT2D eigenvalue weighted by atomic mass is 9.75. The Morgan fingerprint density at radius 2 is 1.94 bits per heavy atom. The van der Waals surface area contributed by atoms with E-state index < -0.39 is 12.0 Å². The Hall–Kier alpha value is -2.37. The van der Waals surface area contributed by atoms with Crippen molar-refractivity contribution in [2.24, 2.45) is 5.92 Å². The van der Waals surface area contributed by atoms with E-state index in [1.54, 1.807) is 0 Å². The molecule has 1 aliphatic carbocycles. The van der Waals surface area contributed by atoms with Crippen LogP contribution in [0.5, 0.6) is 5.75 Å². The van der Waals surface area contributed by atoms with E-state index in [2.05, 4.69) is 60.0 Å². The van der Waals surface area contributed by atoms with Crippen molar-refractivity contribution in [3.05, 3.63) is 64.7 Å². The molecule has 32 heavy (non-hydrogen) atoms. The van der Waals surface area contributed by atoms with Gasteiger partial charge < -0.3 is 20.5 Å². The lowest BCUT2D eigenvalue weighted by Crippen LogP contribution is -2.30. The molecule has 2 fully saturated rings. The van der Waals surface area contributed by atoms with Crippen LogP contribution in [-0.2, 0) is 17.8 Å². The smallest absolute Gasteiger partial charge is 0.320 e. The standard InChI is InChI=1S/C27H36N2O3/c1-18-11-20(14-23(12-18)32-24-15-26(27(30)31)29-17-24)13-19-7-9-21(10-8-19)25-6-4-3-5-22(25)16-28-2/h3-6,11-12,14,19,21,24,26,28-29H,7-10,13,15-17H2,1-2H3,(H,30,31)/t19?,21?,24-,26-/m0/s1. The molecule has 4 rings (SSSR count). The van der Waals surface area contributed by atoms with Gasteiger partial charge in [-0.05, 0) is 92.3 Å². The molecule has 0 amide bonds. The first kappa shape index (κ1) is 22.8. The third kappa shape index (κ3) is 5.70. The van der Waals surface area contributed by atoms with Crippen molar-refractivity contribution in [1.82, 2.24) is 10.6 Å². The molecular formula is C27H36N2O3. The van der Waals surface area contributed by atoms with Crippen LogP contribution in [0.2, 0.25) is 0 Å². The Bertz CT molecular complexity index is 921. The molecule has 2 aromatic carbocycles. The maximum Gasteiger partial charge on any atom is 0.320 e. The summed E-state index contributed by atoms with van der Waals surface area (Å²) in [5.74, 6) is 1.45. The minimum absolute atomic E-state index is 0.0844. The second-order valence-corrected chi connectivity index (χ2v) is 9.58. The van der Waals surface area contributed by atoms with Gasteiger partial charge in [-0.1, -0.05) is 30.3 Å². The van der Waals surface area contributed by atoms with Gasteiger partial charge in [0.05, 0.1) is 0 Å². The van der Waals surface area contributed by atoms with Crippen molar-refractivity contribution in [3.63, 3.8) is 0 Å². The molecule has 1 aliphatic heterocycles. The first-order valence-electron chi connectivity index (χ1n) is 12.0. The Kier molecular flexibility index (Phi) is 7.48. The second kappa shape index (κ2) is 10.5. The van der Waals surface area contributed by atoms with E-state index in [-0.39, 0.29) is 6.10 Å². The molecule has 0 radical (unpaired) electrons. The Morgan fingerprint density at radius 3 is 2.66 bits per heavy atom. The van der Waals surface area contributed by atoms with Gasteiger partial charge in [0.2, 0.25) is 0 Å². The fourth-order valence-corrected chi connectivity index (χ4v) is 5.48. The highest BCUT2D eigenvalue weighted by Crippen LogP contribution is 2.38. The molecule has 5 nitrogen and oxygen atoms in total. The molecule has 172 valence electrons. The Labute approximate surface area is 191 Å². The molecule has 1 heterocycles. The summed E-state index contributed by atoms with van der Waals surface area (Å²) >= 11 is 0. The van der Waals surface area contributed by atoms with Crippen LogP contribution in [0.1, 0.15) is 60.3 Å². The highest BCUT2D eigenvalue weighted by molar-refractivity contribution is 5.73. The summed E-state index contributed by atoms with van der Waals surface area (Å²) < 4.78 is 6.15. The van der Waals surface area contributed by atoms with Crippen molar-refractivity contribution < 1.29 is 14.6 Å². The minimum atomic E-state index is -0.801. The largest absolute Gasteiger partial charge is 0.489 e. The van der Waals surface area contributed by atoms with Gasteiger partial charge in [0.1, 0.15) is 17.9 Å². The average molecular weight is 437 g/mol. The SMILES string of the molecule is CNCc1ccccc1C1CCC(Cc2cc(C)cc(O[C@@H]3CN[C@H](C(=O)O)C3)c2)CC1. The van der Waals surface area contributed by atoms with Crippen molar-refractivity contribution in [3.8, 4) is 5.75 Å². The number of benzene rings is 2. The van der Waals surface area contributed by atoms with Crippen LogP contribution in [0.3, 0.4) is 0 Å². The number of aliphatic carboxylic acids is 1. The van der Waals surface area contributed by atoms with E-state index in [0.29, 0.717) is 24.8 Å². The van der Waals surface area contributed by atoms with Crippen LogP contribution < -0.4 is 15.4 Å². The zero-order valence-corrected chi connectivity index (χ0v) is 19.3. The molecule has 0 spiro atoms. The van der Waals surface area contributed by atoms with Crippen molar-refractivity contribution in [2.45, 2.75) is 70.1 Å². The predicted octanol–water partition coefficient (Wildman–Crippen LogP) is 4.42. The highest BCUT2D eigenvalue weighted by Gasteiger charge is 2.30. The van der Waals surface area contributed by atoms with Gasteiger partial charge in [-0.3, -0.25) is 4.79 Å². The fourth-order valence-electron chi connectivity index (χ4n) is 5.48. The van der Waals surface area contributed by atoms with E-state index in [1.165, 1.54) is 47.9 Å². The van der Waals surface area contributed by atoms with Crippen LogP contribution in [-0.4, -0.2) is 36.8 Å². The number of aryl methyl sites for hydroxylation is 1. The predicted molar refractivity (Wildman–Crippen MR) is 127 cm³/mol. The summed E-state index contributed by atoms with van der Waals surface area (Å²) in [5, 5.41) is 15.5. The molecule has 0 unspecified atom stereocenters. The highest BCUT2D eigenvalue weighted by atomic mass is 16.5. The van der Waals surface area contributed by atoms with Crippen LogP contribution >= 0.6 is 0 Å². The molecule has 0 bridgehead atoms. The number of hydrogen-bond acceptors (Lipinski definition) is 4. The molecule has 2 atom stereocenters. The van der Waals surface area contributed by atoms with Crippen LogP contribution in [0.25, 0.3) is 0 Å². The number of carbonyl (C=O) groups is 1. The summed E-state index contributed by atoms with van der Waals surface area (Å²) in [5.41, 5.74) is 5.49. The summed E-state index contributed by atoms with van der Waals surface area (Å²) in [6.07, 6.45) is 6.54. The van der Waals surface area contributed by atoms with E-state index in [1.807, 2.05) is 7.05 Å². The van der Waals surface area contributed by atoms with E-state index in [4.69, 9.17) is 4.74 Å². The Morgan fingerprint density at radius 1 is 1.16 bits per heavy atom. The molecule has 2 aromatic rings. The maximum absolute atomic E-state index is 11.2. The number of nitrogens with one attached hydrogen (secondary N) is 2. The third-order valence-electron chi connectivity index (χ3n) is 7.04. The second-order valence-electron chi connectivity index (χ2n) is 9.58. The minimum Gasteiger partial charge on any atom is -0.489 e. The van der Waals surface area contributed by atoms with Crippen molar-refractivity contribution in [2.75, 3.05) is 13.6 Å². The number of rotatable bonds is 8. The number of hydrogen-bond donors (Lipinski definition) is 3. The van der Waals surface area contributed by atoms with E-state index >= 15 is 0 Å². The van der Waals surface area contributed by atoms with Gasteiger partial charge in [0.15, 0.2) is 0 Å². The zero-order chi connectivity index (χ0) is 22.5.